The van der Waals surface area contributed by atoms with Gasteiger partial charge in [0.05, 0.1) is 6.42 Å². The van der Waals surface area contributed by atoms with Crippen LogP contribution in [0, 0.1) is 0 Å². The van der Waals surface area contributed by atoms with E-state index in [1.54, 1.807) is 20.8 Å². The summed E-state index contributed by atoms with van der Waals surface area (Å²) >= 11 is 0. The van der Waals surface area contributed by atoms with Crippen LogP contribution in [0.5, 0.6) is 0 Å². The van der Waals surface area contributed by atoms with Crippen LogP contribution in [0.2, 0.25) is 0 Å². The van der Waals surface area contributed by atoms with Gasteiger partial charge in [-0.25, -0.2) is 4.79 Å². The first-order valence-electron chi connectivity index (χ1n) is 6.45. The topological polar surface area (TPSA) is 90.0 Å². The number of amides is 3. The van der Waals surface area contributed by atoms with Gasteiger partial charge in [0.2, 0.25) is 5.91 Å². The third-order valence-corrected chi connectivity index (χ3v) is 3.33. The fourth-order valence-electron chi connectivity index (χ4n) is 2.21. The van der Waals surface area contributed by atoms with Crippen molar-refractivity contribution in [3.05, 3.63) is 0 Å². The van der Waals surface area contributed by atoms with Crippen molar-refractivity contribution < 1.29 is 19.5 Å². The Kier molecular flexibility index (Phi) is 5.14. The molecule has 1 aliphatic rings. The van der Waals surface area contributed by atoms with Gasteiger partial charge in [-0.2, -0.15) is 0 Å². The van der Waals surface area contributed by atoms with E-state index in [0.717, 1.165) is 0 Å². The lowest BCUT2D eigenvalue weighted by molar-refractivity contribution is -0.138. The van der Waals surface area contributed by atoms with Crippen LogP contribution in [0.3, 0.4) is 0 Å². The number of hydrogen-bond acceptors (Lipinski definition) is 3. The number of carbonyl (C=O) groups excluding carboxylic acids is 2. The second-order valence-electron chi connectivity index (χ2n) is 4.68. The van der Waals surface area contributed by atoms with Gasteiger partial charge in [0.1, 0.15) is 6.04 Å². The van der Waals surface area contributed by atoms with Crippen molar-refractivity contribution in [2.45, 2.75) is 39.3 Å². The zero-order valence-corrected chi connectivity index (χ0v) is 11.5. The van der Waals surface area contributed by atoms with E-state index in [-0.39, 0.29) is 18.4 Å². The number of urea groups is 1. The van der Waals surface area contributed by atoms with Gasteiger partial charge in [0, 0.05) is 25.7 Å². The minimum absolute atomic E-state index is 0.103. The second-order valence-corrected chi connectivity index (χ2v) is 4.68. The van der Waals surface area contributed by atoms with Gasteiger partial charge in [-0.1, -0.05) is 0 Å². The Morgan fingerprint density at radius 1 is 1.58 bits per heavy atom. The molecule has 1 rings (SSSR count). The predicted molar refractivity (Wildman–Crippen MR) is 68.7 cm³/mol. The van der Waals surface area contributed by atoms with E-state index in [2.05, 4.69) is 5.32 Å². The van der Waals surface area contributed by atoms with Gasteiger partial charge in [-0.05, 0) is 20.8 Å². The van der Waals surface area contributed by atoms with Crippen molar-refractivity contribution in [2.24, 2.45) is 0 Å². The molecule has 0 spiro atoms. The summed E-state index contributed by atoms with van der Waals surface area (Å²) in [6.45, 7) is 6.46. The van der Waals surface area contributed by atoms with Crippen molar-refractivity contribution in [3.8, 4) is 0 Å². The van der Waals surface area contributed by atoms with Crippen LogP contribution in [0.1, 0.15) is 27.2 Å². The highest BCUT2D eigenvalue weighted by atomic mass is 16.4. The SMILES string of the molecule is CCN(C(=O)N1CCNC(=O)C1C)C(C)CC(=O)O. The Hall–Kier alpha value is -1.79. The molecule has 0 aliphatic carbocycles. The molecule has 7 nitrogen and oxygen atoms in total. The molecule has 1 saturated heterocycles. The zero-order valence-electron chi connectivity index (χ0n) is 11.5. The van der Waals surface area contributed by atoms with Gasteiger partial charge < -0.3 is 20.2 Å². The molecular weight excluding hydrogens is 250 g/mol. The number of nitrogens with zero attached hydrogens (tertiary/aromatic N) is 2. The summed E-state index contributed by atoms with van der Waals surface area (Å²) in [6, 6.07) is -1.20. The molecule has 0 aromatic carbocycles. The van der Waals surface area contributed by atoms with Gasteiger partial charge in [0.15, 0.2) is 0 Å². The van der Waals surface area contributed by atoms with Crippen LogP contribution in [-0.4, -0.2) is 64.5 Å². The average molecular weight is 271 g/mol. The quantitative estimate of drug-likeness (QED) is 0.759. The second kappa shape index (κ2) is 6.40. The standard InChI is InChI=1S/C12H21N3O4/c1-4-14(8(2)7-10(16)17)12(19)15-6-5-13-11(18)9(15)3/h8-9H,4-7H2,1-3H3,(H,13,18)(H,16,17). The van der Waals surface area contributed by atoms with Crippen molar-refractivity contribution in [2.75, 3.05) is 19.6 Å². The number of carboxylic acid groups (broad SMARTS) is 1. The van der Waals surface area contributed by atoms with E-state index < -0.39 is 18.1 Å². The Labute approximate surface area is 112 Å². The summed E-state index contributed by atoms with van der Waals surface area (Å²) in [5, 5.41) is 11.5. The third kappa shape index (κ3) is 3.59. The molecule has 0 aromatic heterocycles. The molecular formula is C12H21N3O4. The summed E-state index contributed by atoms with van der Waals surface area (Å²) in [4.78, 5) is 37.6. The van der Waals surface area contributed by atoms with Crippen molar-refractivity contribution in [3.63, 3.8) is 0 Å². The van der Waals surface area contributed by atoms with E-state index in [1.165, 1.54) is 9.80 Å². The fourth-order valence-corrected chi connectivity index (χ4v) is 2.21. The van der Waals surface area contributed by atoms with E-state index in [4.69, 9.17) is 5.11 Å². The highest BCUT2D eigenvalue weighted by Gasteiger charge is 2.33. The molecule has 3 amide bonds. The molecule has 7 heteroatoms. The van der Waals surface area contributed by atoms with E-state index in [0.29, 0.717) is 19.6 Å². The van der Waals surface area contributed by atoms with E-state index >= 15 is 0 Å². The van der Waals surface area contributed by atoms with Gasteiger partial charge in [-0.15, -0.1) is 0 Å². The van der Waals surface area contributed by atoms with Crippen LogP contribution in [0.25, 0.3) is 0 Å². The van der Waals surface area contributed by atoms with Crippen LogP contribution < -0.4 is 5.32 Å². The Morgan fingerprint density at radius 3 is 2.74 bits per heavy atom. The number of hydrogen-bond donors (Lipinski definition) is 2. The minimum Gasteiger partial charge on any atom is -0.481 e. The maximum absolute atomic E-state index is 12.4. The Balaban J connectivity index is 2.77. The first-order valence-corrected chi connectivity index (χ1v) is 6.45. The van der Waals surface area contributed by atoms with Crippen molar-refractivity contribution >= 4 is 17.9 Å². The highest BCUT2D eigenvalue weighted by molar-refractivity contribution is 5.88. The minimum atomic E-state index is -0.941. The first kappa shape index (κ1) is 15.3. The van der Waals surface area contributed by atoms with Crippen molar-refractivity contribution in [1.82, 2.24) is 15.1 Å². The maximum Gasteiger partial charge on any atom is 0.320 e. The number of aliphatic carboxylic acids is 1. The molecule has 0 aromatic rings. The summed E-state index contributed by atoms with van der Waals surface area (Å²) in [5.74, 6) is -1.12. The Morgan fingerprint density at radius 2 is 2.21 bits per heavy atom. The largest absolute Gasteiger partial charge is 0.481 e. The molecule has 1 aliphatic heterocycles. The summed E-state index contributed by atoms with van der Waals surface area (Å²) in [7, 11) is 0. The van der Waals surface area contributed by atoms with Gasteiger partial charge in [0.25, 0.3) is 0 Å². The number of nitrogens with one attached hydrogen (secondary N) is 1. The van der Waals surface area contributed by atoms with Crippen LogP contribution in [0.4, 0.5) is 4.79 Å². The zero-order chi connectivity index (χ0) is 14.6. The maximum atomic E-state index is 12.4. The van der Waals surface area contributed by atoms with Crippen LogP contribution in [0.15, 0.2) is 0 Å². The molecule has 2 N–H and O–H groups in total. The molecule has 0 saturated carbocycles. The molecule has 108 valence electrons. The van der Waals surface area contributed by atoms with E-state index in [9.17, 15) is 14.4 Å². The predicted octanol–water partition coefficient (Wildman–Crippen LogP) is 0.112. The monoisotopic (exact) mass is 271 g/mol. The number of carbonyl (C=O) groups is 3. The lowest BCUT2D eigenvalue weighted by Gasteiger charge is -2.38. The fraction of sp³-hybridized carbons (Fsp3) is 0.750. The number of piperazine rings is 1. The smallest absolute Gasteiger partial charge is 0.320 e. The lowest BCUT2D eigenvalue weighted by atomic mass is 10.2. The highest BCUT2D eigenvalue weighted by Crippen LogP contribution is 2.12. The molecule has 2 unspecified atom stereocenters. The van der Waals surface area contributed by atoms with Gasteiger partial charge in [-0.3, -0.25) is 9.59 Å². The Bertz CT molecular complexity index is 372. The summed E-state index contributed by atoms with van der Waals surface area (Å²) in [6.07, 6.45) is -0.103. The first-order chi connectivity index (χ1) is 8.88. The molecule has 0 bridgehead atoms. The van der Waals surface area contributed by atoms with Crippen molar-refractivity contribution in [1.29, 1.82) is 0 Å². The molecule has 1 fully saturated rings. The molecule has 0 radical (unpaired) electrons. The third-order valence-electron chi connectivity index (χ3n) is 3.33. The molecule has 1 heterocycles. The van der Waals surface area contributed by atoms with Gasteiger partial charge >= 0.3 is 12.0 Å². The van der Waals surface area contributed by atoms with Crippen LogP contribution >= 0.6 is 0 Å². The molecule has 2 atom stereocenters. The number of rotatable bonds is 4. The number of carboxylic acids is 1. The summed E-state index contributed by atoms with van der Waals surface area (Å²) < 4.78 is 0. The molecule has 19 heavy (non-hydrogen) atoms. The normalized spacial score (nSPS) is 20.7. The summed E-state index contributed by atoms with van der Waals surface area (Å²) in [5.41, 5.74) is 0. The average Bonchev–Trinajstić information content (AvgIpc) is 2.32. The lowest BCUT2D eigenvalue weighted by Crippen LogP contribution is -2.60. The van der Waals surface area contributed by atoms with Crippen LogP contribution in [-0.2, 0) is 9.59 Å². The van der Waals surface area contributed by atoms with E-state index in [1.807, 2.05) is 0 Å².